The third kappa shape index (κ3) is 3.41. The summed E-state index contributed by atoms with van der Waals surface area (Å²) < 4.78 is 34.3. The number of esters is 1. The molecule has 0 unspecified atom stereocenters. The van der Waals surface area contributed by atoms with Gasteiger partial charge < -0.3 is 4.74 Å². The first-order valence-corrected chi connectivity index (χ1v) is 9.54. The number of fused-ring (bicyclic) bond motifs is 1. The molecule has 3 aromatic rings. The van der Waals surface area contributed by atoms with E-state index in [-0.39, 0.29) is 17.1 Å². The molecule has 0 aliphatic heterocycles. The molecule has 8 heteroatoms. The Morgan fingerprint density at radius 2 is 1.96 bits per heavy atom. The van der Waals surface area contributed by atoms with Crippen molar-refractivity contribution in [2.45, 2.75) is 25.7 Å². The Kier molecular flexibility index (Phi) is 4.69. The van der Waals surface area contributed by atoms with E-state index >= 15 is 0 Å². The van der Waals surface area contributed by atoms with Gasteiger partial charge in [-0.05, 0) is 56.2 Å². The number of anilines is 1. The maximum absolute atomic E-state index is 12.6. The predicted octanol–water partition coefficient (Wildman–Crippen LogP) is 2.93. The standard InChI is InChI=1S/C18H19N3O4S/c1-4-25-18(22)16-11-19-21-8-7-14(10-17(16)21)20-26(23,24)15-6-5-12(2)13(3)9-15/h5-11,20H,4H2,1-3H3. The van der Waals surface area contributed by atoms with Gasteiger partial charge in [0.1, 0.15) is 5.56 Å². The van der Waals surface area contributed by atoms with Crippen molar-refractivity contribution >= 4 is 27.2 Å². The Morgan fingerprint density at radius 1 is 1.19 bits per heavy atom. The summed E-state index contributed by atoms with van der Waals surface area (Å²) in [6.45, 7) is 5.74. The molecule has 1 aromatic carbocycles. The SMILES string of the molecule is CCOC(=O)c1cnn2ccc(NS(=O)(=O)c3ccc(C)c(C)c3)cc12. The maximum atomic E-state index is 12.6. The summed E-state index contributed by atoms with van der Waals surface area (Å²) in [6, 6.07) is 8.08. The first-order valence-electron chi connectivity index (χ1n) is 8.06. The molecule has 1 N–H and O–H groups in total. The average Bonchev–Trinajstić information content (AvgIpc) is 3.00. The summed E-state index contributed by atoms with van der Waals surface area (Å²) in [5.74, 6) is -0.503. The van der Waals surface area contributed by atoms with Crippen molar-refractivity contribution in [1.29, 1.82) is 0 Å². The number of aryl methyl sites for hydroxylation is 2. The molecule has 0 saturated heterocycles. The van der Waals surface area contributed by atoms with Gasteiger partial charge in [-0.1, -0.05) is 6.07 Å². The second kappa shape index (κ2) is 6.80. The normalized spacial score (nSPS) is 11.5. The van der Waals surface area contributed by atoms with Gasteiger partial charge >= 0.3 is 5.97 Å². The van der Waals surface area contributed by atoms with Crippen molar-refractivity contribution in [3.8, 4) is 0 Å². The monoisotopic (exact) mass is 373 g/mol. The van der Waals surface area contributed by atoms with Crippen LogP contribution in [0, 0.1) is 13.8 Å². The van der Waals surface area contributed by atoms with Crippen LogP contribution in [0.25, 0.3) is 5.52 Å². The molecule has 2 heterocycles. The molecule has 0 spiro atoms. The Hall–Kier alpha value is -2.87. The summed E-state index contributed by atoms with van der Waals surface area (Å²) in [6.07, 6.45) is 2.98. The molecule has 0 amide bonds. The number of carbonyl (C=O) groups excluding carboxylic acids is 1. The first kappa shape index (κ1) is 17.9. The van der Waals surface area contributed by atoms with E-state index < -0.39 is 16.0 Å². The number of sulfonamides is 1. The van der Waals surface area contributed by atoms with E-state index in [4.69, 9.17) is 4.74 Å². The molecule has 0 radical (unpaired) electrons. The maximum Gasteiger partial charge on any atom is 0.341 e. The lowest BCUT2D eigenvalue weighted by Crippen LogP contribution is -2.13. The summed E-state index contributed by atoms with van der Waals surface area (Å²) in [7, 11) is -3.74. The fourth-order valence-corrected chi connectivity index (χ4v) is 3.64. The van der Waals surface area contributed by atoms with E-state index in [0.717, 1.165) is 11.1 Å². The molecule has 0 aliphatic carbocycles. The fourth-order valence-electron chi connectivity index (χ4n) is 2.51. The van der Waals surface area contributed by atoms with Crippen LogP contribution in [0.4, 0.5) is 5.69 Å². The second-order valence-electron chi connectivity index (χ2n) is 5.88. The highest BCUT2D eigenvalue weighted by Crippen LogP contribution is 2.21. The Morgan fingerprint density at radius 3 is 2.65 bits per heavy atom. The molecule has 0 bridgehead atoms. The number of hydrogen-bond acceptors (Lipinski definition) is 5. The van der Waals surface area contributed by atoms with Crippen LogP contribution in [0.1, 0.15) is 28.4 Å². The molecule has 3 rings (SSSR count). The quantitative estimate of drug-likeness (QED) is 0.695. The van der Waals surface area contributed by atoms with Crippen LogP contribution in [-0.2, 0) is 14.8 Å². The zero-order valence-corrected chi connectivity index (χ0v) is 15.5. The summed E-state index contributed by atoms with van der Waals surface area (Å²) in [4.78, 5) is 12.2. The molecule has 0 fully saturated rings. The van der Waals surface area contributed by atoms with Crippen LogP contribution in [0.3, 0.4) is 0 Å². The molecule has 136 valence electrons. The highest BCUT2D eigenvalue weighted by atomic mass is 32.2. The van der Waals surface area contributed by atoms with E-state index in [1.165, 1.54) is 10.7 Å². The van der Waals surface area contributed by atoms with E-state index in [1.54, 1.807) is 43.5 Å². The molecule has 0 saturated carbocycles. The first-order chi connectivity index (χ1) is 12.3. The van der Waals surface area contributed by atoms with Gasteiger partial charge in [0.2, 0.25) is 0 Å². The fraction of sp³-hybridized carbons (Fsp3) is 0.222. The van der Waals surface area contributed by atoms with Crippen LogP contribution < -0.4 is 4.72 Å². The van der Waals surface area contributed by atoms with E-state index in [0.29, 0.717) is 11.2 Å². The zero-order chi connectivity index (χ0) is 18.9. The van der Waals surface area contributed by atoms with Gasteiger partial charge in [0, 0.05) is 6.20 Å². The largest absolute Gasteiger partial charge is 0.462 e. The number of nitrogens with zero attached hydrogens (tertiary/aromatic N) is 2. The highest BCUT2D eigenvalue weighted by molar-refractivity contribution is 7.92. The van der Waals surface area contributed by atoms with Crippen molar-refractivity contribution < 1.29 is 17.9 Å². The summed E-state index contributed by atoms with van der Waals surface area (Å²) in [5, 5.41) is 4.08. The smallest absolute Gasteiger partial charge is 0.341 e. The van der Waals surface area contributed by atoms with Gasteiger partial charge in [-0.25, -0.2) is 17.7 Å². The summed E-state index contributed by atoms with van der Waals surface area (Å²) >= 11 is 0. The van der Waals surface area contributed by atoms with E-state index in [2.05, 4.69) is 9.82 Å². The molecular weight excluding hydrogens is 354 g/mol. The van der Waals surface area contributed by atoms with Crippen LogP contribution in [-0.4, -0.2) is 30.6 Å². The average molecular weight is 373 g/mol. The van der Waals surface area contributed by atoms with Crippen molar-refractivity contribution in [2.75, 3.05) is 11.3 Å². The van der Waals surface area contributed by atoms with Crippen molar-refractivity contribution in [1.82, 2.24) is 9.61 Å². The Bertz CT molecular complexity index is 1090. The minimum Gasteiger partial charge on any atom is -0.462 e. The lowest BCUT2D eigenvalue weighted by Gasteiger charge is -2.10. The van der Waals surface area contributed by atoms with Crippen molar-refractivity contribution in [3.63, 3.8) is 0 Å². The van der Waals surface area contributed by atoms with Gasteiger partial charge in [-0.15, -0.1) is 0 Å². The van der Waals surface area contributed by atoms with Gasteiger partial charge in [0.15, 0.2) is 0 Å². The number of aromatic nitrogens is 2. The predicted molar refractivity (Wildman–Crippen MR) is 97.9 cm³/mol. The number of benzene rings is 1. The van der Waals surface area contributed by atoms with Crippen LogP contribution in [0.2, 0.25) is 0 Å². The van der Waals surface area contributed by atoms with Gasteiger partial charge in [0.05, 0.1) is 28.9 Å². The van der Waals surface area contributed by atoms with Gasteiger partial charge in [-0.2, -0.15) is 5.10 Å². The van der Waals surface area contributed by atoms with Crippen LogP contribution in [0.5, 0.6) is 0 Å². The third-order valence-corrected chi connectivity index (χ3v) is 5.44. The molecule has 2 aromatic heterocycles. The summed E-state index contributed by atoms with van der Waals surface area (Å²) in [5.41, 5.74) is 2.98. The molecular formula is C18H19N3O4S. The minimum atomic E-state index is -3.74. The molecule has 7 nitrogen and oxygen atoms in total. The number of rotatable bonds is 5. The second-order valence-corrected chi connectivity index (χ2v) is 7.56. The lowest BCUT2D eigenvalue weighted by molar-refractivity contribution is 0.0528. The third-order valence-electron chi connectivity index (χ3n) is 4.06. The number of pyridine rings is 1. The molecule has 0 aliphatic rings. The van der Waals surface area contributed by atoms with E-state index in [9.17, 15) is 13.2 Å². The zero-order valence-electron chi connectivity index (χ0n) is 14.7. The van der Waals surface area contributed by atoms with Crippen molar-refractivity contribution in [3.05, 3.63) is 59.4 Å². The Balaban J connectivity index is 1.96. The molecule has 0 atom stereocenters. The van der Waals surface area contributed by atoms with Crippen LogP contribution >= 0.6 is 0 Å². The Labute approximate surface area is 151 Å². The number of ether oxygens (including phenoxy) is 1. The number of hydrogen-bond donors (Lipinski definition) is 1. The van der Waals surface area contributed by atoms with Gasteiger partial charge in [-0.3, -0.25) is 4.72 Å². The topological polar surface area (TPSA) is 89.8 Å². The van der Waals surface area contributed by atoms with Crippen molar-refractivity contribution in [2.24, 2.45) is 0 Å². The number of carbonyl (C=O) groups is 1. The molecule has 26 heavy (non-hydrogen) atoms. The van der Waals surface area contributed by atoms with Gasteiger partial charge in [0.25, 0.3) is 10.0 Å². The highest BCUT2D eigenvalue weighted by Gasteiger charge is 2.18. The van der Waals surface area contributed by atoms with E-state index in [1.807, 2.05) is 13.8 Å². The number of nitrogens with one attached hydrogen (secondary N) is 1. The van der Waals surface area contributed by atoms with Crippen LogP contribution in [0.15, 0.2) is 47.6 Å². The minimum absolute atomic E-state index is 0.180. The lowest BCUT2D eigenvalue weighted by atomic mass is 10.1.